The van der Waals surface area contributed by atoms with Crippen LogP contribution in [-0.4, -0.2) is 55.9 Å². The number of hydrogen-bond donors (Lipinski definition) is 1. The van der Waals surface area contributed by atoms with Crippen molar-refractivity contribution in [3.8, 4) is 11.5 Å². The molecule has 174 valence electrons. The van der Waals surface area contributed by atoms with E-state index < -0.39 is 0 Å². The van der Waals surface area contributed by atoms with Crippen molar-refractivity contribution in [1.29, 1.82) is 0 Å². The second-order valence-electron chi connectivity index (χ2n) is 9.70. The highest BCUT2D eigenvalue weighted by Crippen LogP contribution is 2.40. The maximum absolute atomic E-state index is 13.3. The fraction of sp³-hybridized carbons (Fsp3) is 0.680. The molecule has 1 unspecified atom stereocenters. The van der Waals surface area contributed by atoms with E-state index in [2.05, 4.69) is 11.4 Å². The van der Waals surface area contributed by atoms with Crippen LogP contribution in [0.4, 0.5) is 0 Å². The van der Waals surface area contributed by atoms with Gasteiger partial charge >= 0.3 is 0 Å². The zero-order valence-corrected chi connectivity index (χ0v) is 18.8. The van der Waals surface area contributed by atoms with Gasteiger partial charge in [0.2, 0.25) is 18.6 Å². The van der Waals surface area contributed by atoms with E-state index in [0.29, 0.717) is 26.3 Å². The van der Waals surface area contributed by atoms with Gasteiger partial charge in [-0.25, -0.2) is 0 Å². The number of nitrogens with zero attached hydrogens (tertiary/aromatic N) is 1. The van der Waals surface area contributed by atoms with Crippen LogP contribution >= 0.6 is 0 Å². The number of hydrogen-bond acceptors (Lipinski definition) is 5. The molecular weight excluding hydrogens is 408 g/mol. The zero-order chi connectivity index (χ0) is 22.0. The third-order valence-corrected chi connectivity index (χ3v) is 7.83. The first-order chi connectivity index (χ1) is 15.7. The van der Waals surface area contributed by atoms with Crippen molar-refractivity contribution < 1.29 is 23.8 Å². The molecule has 2 saturated heterocycles. The van der Waals surface area contributed by atoms with Crippen LogP contribution < -0.4 is 14.8 Å². The third-order valence-electron chi connectivity index (χ3n) is 7.83. The molecule has 1 N–H and O–H groups in total. The zero-order valence-electron chi connectivity index (χ0n) is 18.8. The Bertz CT molecular complexity index is 845. The fourth-order valence-electron chi connectivity index (χ4n) is 5.82. The van der Waals surface area contributed by atoms with Crippen LogP contribution in [-0.2, 0) is 19.7 Å². The molecule has 3 heterocycles. The predicted octanol–water partition coefficient (Wildman–Crippen LogP) is 3.15. The summed E-state index contributed by atoms with van der Waals surface area (Å²) in [7, 11) is 0. The number of benzene rings is 1. The van der Waals surface area contributed by atoms with Gasteiger partial charge in [-0.3, -0.25) is 9.59 Å². The van der Waals surface area contributed by atoms with Crippen LogP contribution in [0.1, 0.15) is 63.4 Å². The Morgan fingerprint density at radius 3 is 2.59 bits per heavy atom. The van der Waals surface area contributed by atoms with Crippen molar-refractivity contribution >= 4 is 11.8 Å². The summed E-state index contributed by atoms with van der Waals surface area (Å²) >= 11 is 0. The first kappa shape index (κ1) is 21.6. The number of rotatable bonds is 5. The number of fused-ring (bicyclic) bond motifs is 1. The number of ether oxygens (including phenoxy) is 3. The van der Waals surface area contributed by atoms with Gasteiger partial charge in [0.05, 0.1) is 0 Å². The number of likely N-dealkylation sites (tertiary alicyclic amines) is 1. The Labute approximate surface area is 189 Å². The number of nitrogens with one attached hydrogen (secondary N) is 1. The van der Waals surface area contributed by atoms with Crippen molar-refractivity contribution in [2.75, 3.05) is 33.1 Å². The van der Waals surface area contributed by atoms with E-state index in [1.165, 1.54) is 6.42 Å². The lowest BCUT2D eigenvalue weighted by Gasteiger charge is -2.38. The number of carbonyl (C=O) groups is 2. The van der Waals surface area contributed by atoms with E-state index in [-0.39, 0.29) is 36.0 Å². The minimum atomic E-state index is -0.335. The molecule has 1 saturated carbocycles. The lowest BCUT2D eigenvalue weighted by Crippen LogP contribution is -2.51. The first-order valence-corrected chi connectivity index (χ1v) is 12.2. The Hall–Kier alpha value is -2.28. The molecule has 0 spiro atoms. The number of carbonyl (C=O) groups excluding carboxylic acids is 2. The predicted molar refractivity (Wildman–Crippen MR) is 119 cm³/mol. The highest BCUT2D eigenvalue weighted by Gasteiger charge is 2.40. The number of amides is 2. The summed E-state index contributed by atoms with van der Waals surface area (Å²) in [6.45, 7) is 2.82. The van der Waals surface area contributed by atoms with Gasteiger partial charge in [-0.2, -0.15) is 0 Å². The summed E-state index contributed by atoms with van der Waals surface area (Å²) in [5.74, 6) is 1.81. The lowest BCUT2D eigenvalue weighted by atomic mass is 9.74. The summed E-state index contributed by atoms with van der Waals surface area (Å²) in [6, 6.07) is 5.75. The van der Waals surface area contributed by atoms with E-state index in [1.54, 1.807) is 0 Å². The Morgan fingerprint density at radius 1 is 1.00 bits per heavy atom. The van der Waals surface area contributed by atoms with E-state index in [0.717, 1.165) is 68.4 Å². The topological polar surface area (TPSA) is 77.1 Å². The van der Waals surface area contributed by atoms with Crippen molar-refractivity contribution in [3.63, 3.8) is 0 Å². The van der Waals surface area contributed by atoms with E-state index in [4.69, 9.17) is 14.2 Å². The molecule has 0 bridgehead atoms. The maximum atomic E-state index is 13.3. The quantitative estimate of drug-likeness (QED) is 0.758. The minimum absolute atomic E-state index is 0.0155. The van der Waals surface area contributed by atoms with Crippen LogP contribution in [0.5, 0.6) is 11.5 Å². The van der Waals surface area contributed by atoms with Crippen LogP contribution in [0.15, 0.2) is 18.2 Å². The van der Waals surface area contributed by atoms with Gasteiger partial charge < -0.3 is 24.4 Å². The summed E-state index contributed by atoms with van der Waals surface area (Å²) < 4.78 is 16.7. The molecule has 7 heteroatoms. The van der Waals surface area contributed by atoms with Crippen LogP contribution in [0.2, 0.25) is 0 Å². The van der Waals surface area contributed by atoms with Crippen LogP contribution in [0, 0.1) is 5.92 Å². The molecule has 1 atom stereocenters. The van der Waals surface area contributed by atoms with Gasteiger partial charge in [0, 0.05) is 37.6 Å². The second-order valence-corrected chi connectivity index (χ2v) is 9.70. The van der Waals surface area contributed by atoms with E-state index in [1.807, 2.05) is 17.0 Å². The van der Waals surface area contributed by atoms with Gasteiger partial charge in [-0.05, 0) is 56.2 Å². The molecule has 1 aromatic rings. The largest absolute Gasteiger partial charge is 0.454 e. The molecule has 5 rings (SSSR count). The fourth-order valence-corrected chi connectivity index (χ4v) is 5.82. The Balaban J connectivity index is 1.28. The first-order valence-electron chi connectivity index (χ1n) is 12.2. The smallest absolute Gasteiger partial charge is 0.242 e. The van der Waals surface area contributed by atoms with Gasteiger partial charge in [0.1, 0.15) is 6.04 Å². The van der Waals surface area contributed by atoms with Gasteiger partial charge in [-0.1, -0.05) is 25.3 Å². The van der Waals surface area contributed by atoms with Crippen molar-refractivity contribution in [2.45, 2.75) is 69.2 Å². The molecule has 7 nitrogen and oxygen atoms in total. The van der Waals surface area contributed by atoms with Crippen molar-refractivity contribution in [3.05, 3.63) is 23.8 Å². The average molecular weight is 443 g/mol. The molecule has 1 aromatic carbocycles. The van der Waals surface area contributed by atoms with Crippen LogP contribution in [0.25, 0.3) is 0 Å². The van der Waals surface area contributed by atoms with E-state index >= 15 is 0 Å². The maximum Gasteiger partial charge on any atom is 0.242 e. The summed E-state index contributed by atoms with van der Waals surface area (Å²) in [4.78, 5) is 28.2. The standard InChI is InChI=1S/C25H34N2O5/c28-23(20-7-4-12-27(20)24(29)18-5-2-1-3-6-18)26-16-25(10-13-30-14-11-25)19-8-9-21-22(15-19)32-17-31-21/h8-9,15,18,20H,1-7,10-14,16-17H2,(H,26,28). The van der Waals surface area contributed by atoms with E-state index in [9.17, 15) is 9.59 Å². The van der Waals surface area contributed by atoms with Crippen molar-refractivity contribution in [2.24, 2.45) is 5.92 Å². The molecule has 2 amide bonds. The highest BCUT2D eigenvalue weighted by molar-refractivity contribution is 5.89. The normalized spacial score (nSPS) is 25.0. The molecule has 0 radical (unpaired) electrons. The highest BCUT2D eigenvalue weighted by atomic mass is 16.7. The SMILES string of the molecule is O=C(NCC1(c2ccc3c(c2)OCO3)CCOCC1)C1CCCN1C(=O)C1CCCCC1. The van der Waals surface area contributed by atoms with Crippen LogP contribution in [0.3, 0.4) is 0 Å². The molecule has 0 aromatic heterocycles. The van der Waals surface area contributed by atoms with Gasteiger partial charge in [0.15, 0.2) is 11.5 Å². The molecule has 3 aliphatic heterocycles. The van der Waals surface area contributed by atoms with Gasteiger partial charge in [0.25, 0.3) is 0 Å². The minimum Gasteiger partial charge on any atom is -0.454 e. The summed E-state index contributed by atoms with van der Waals surface area (Å²) in [5.41, 5.74) is 0.943. The lowest BCUT2D eigenvalue weighted by molar-refractivity contribution is -0.142. The second kappa shape index (κ2) is 9.30. The molecule has 4 aliphatic rings. The molecule has 32 heavy (non-hydrogen) atoms. The molecular formula is C25H34N2O5. The van der Waals surface area contributed by atoms with Crippen molar-refractivity contribution in [1.82, 2.24) is 10.2 Å². The Kier molecular flexibility index (Phi) is 6.26. The average Bonchev–Trinajstić information content (AvgIpc) is 3.52. The monoisotopic (exact) mass is 442 g/mol. The molecule has 3 fully saturated rings. The summed E-state index contributed by atoms with van der Waals surface area (Å²) in [6.07, 6.45) is 8.74. The molecule has 1 aliphatic carbocycles. The van der Waals surface area contributed by atoms with Gasteiger partial charge in [-0.15, -0.1) is 0 Å². The summed E-state index contributed by atoms with van der Waals surface area (Å²) in [5, 5.41) is 3.23. The third kappa shape index (κ3) is 4.19. The Morgan fingerprint density at radius 2 is 1.78 bits per heavy atom.